The molecule has 1 aliphatic rings. The second-order valence-corrected chi connectivity index (χ2v) is 5.94. The first-order chi connectivity index (χ1) is 9.35. The van der Waals surface area contributed by atoms with Crippen molar-refractivity contribution in [2.24, 2.45) is 11.7 Å². The van der Waals surface area contributed by atoms with Crippen LogP contribution in [0.5, 0.6) is 0 Å². The van der Waals surface area contributed by atoms with E-state index in [1.54, 1.807) is 0 Å². The first kappa shape index (κ1) is 15.4. The van der Waals surface area contributed by atoms with Gasteiger partial charge in [-0.2, -0.15) is 13.2 Å². The van der Waals surface area contributed by atoms with Crippen LogP contribution in [0.4, 0.5) is 13.2 Å². The van der Waals surface area contributed by atoms with Gasteiger partial charge in [0, 0.05) is 5.54 Å². The summed E-state index contributed by atoms with van der Waals surface area (Å²) < 4.78 is 38.8. The van der Waals surface area contributed by atoms with Crippen LogP contribution in [0.1, 0.15) is 50.2 Å². The van der Waals surface area contributed by atoms with Crippen molar-refractivity contribution in [1.82, 2.24) is 0 Å². The molecule has 0 bridgehead atoms. The molecular weight excluding hydrogens is 263 g/mol. The Morgan fingerprint density at radius 2 is 2.10 bits per heavy atom. The van der Waals surface area contributed by atoms with Crippen molar-refractivity contribution in [2.45, 2.75) is 57.2 Å². The summed E-state index contributed by atoms with van der Waals surface area (Å²) in [6.45, 7) is 2.09. The minimum Gasteiger partial charge on any atom is -0.321 e. The van der Waals surface area contributed by atoms with E-state index in [0.717, 1.165) is 24.0 Å². The first-order valence-electron chi connectivity index (χ1n) is 7.30. The molecule has 2 unspecified atom stereocenters. The van der Waals surface area contributed by atoms with Crippen LogP contribution in [0.25, 0.3) is 0 Å². The van der Waals surface area contributed by atoms with Gasteiger partial charge >= 0.3 is 6.18 Å². The molecule has 1 saturated carbocycles. The standard InChI is InChI=1S/C16H22F3N/c1-2-5-12-6-3-7-13(10-12)15(20)9-4-8-14(11-15)16(17,18)19/h3,6-7,10,14H,2,4-5,8-9,11,20H2,1H3. The number of rotatable bonds is 3. The quantitative estimate of drug-likeness (QED) is 0.866. The van der Waals surface area contributed by atoms with Gasteiger partial charge in [-0.3, -0.25) is 0 Å². The van der Waals surface area contributed by atoms with Crippen molar-refractivity contribution in [1.29, 1.82) is 0 Å². The molecule has 0 spiro atoms. The van der Waals surface area contributed by atoms with Crippen molar-refractivity contribution < 1.29 is 13.2 Å². The minimum atomic E-state index is -4.13. The van der Waals surface area contributed by atoms with Gasteiger partial charge < -0.3 is 5.73 Å². The van der Waals surface area contributed by atoms with E-state index in [2.05, 4.69) is 6.92 Å². The third-order valence-corrected chi connectivity index (χ3v) is 4.29. The second kappa shape index (κ2) is 5.76. The zero-order valence-corrected chi connectivity index (χ0v) is 11.8. The zero-order chi connectivity index (χ0) is 14.8. The Labute approximate surface area is 118 Å². The third-order valence-electron chi connectivity index (χ3n) is 4.29. The Kier molecular flexibility index (Phi) is 4.43. The molecule has 1 aromatic rings. The highest BCUT2D eigenvalue weighted by Gasteiger charge is 2.46. The maximum Gasteiger partial charge on any atom is 0.391 e. The summed E-state index contributed by atoms with van der Waals surface area (Å²) in [6.07, 6.45) is -0.790. The first-order valence-corrected chi connectivity index (χ1v) is 7.30. The van der Waals surface area contributed by atoms with E-state index >= 15 is 0 Å². The lowest BCUT2D eigenvalue weighted by Crippen LogP contribution is -2.44. The van der Waals surface area contributed by atoms with Gasteiger partial charge in [0.05, 0.1) is 5.92 Å². The molecule has 0 radical (unpaired) electrons. The van der Waals surface area contributed by atoms with Crippen LogP contribution in [0.2, 0.25) is 0 Å². The van der Waals surface area contributed by atoms with Crippen LogP contribution >= 0.6 is 0 Å². The number of hydrogen-bond acceptors (Lipinski definition) is 1. The van der Waals surface area contributed by atoms with Crippen LogP contribution in [0.15, 0.2) is 24.3 Å². The van der Waals surface area contributed by atoms with Crippen molar-refractivity contribution in [3.05, 3.63) is 35.4 Å². The highest BCUT2D eigenvalue weighted by Crippen LogP contribution is 2.44. The molecule has 2 N–H and O–H groups in total. The predicted molar refractivity (Wildman–Crippen MR) is 74.3 cm³/mol. The van der Waals surface area contributed by atoms with Crippen LogP contribution in [-0.2, 0) is 12.0 Å². The minimum absolute atomic E-state index is 0.00603. The third kappa shape index (κ3) is 3.35. The molecule has 112 valence electrons. The van der Waals surface area contributed by atoms with Crippen molar-refractivity contribution in [3.63, 3.8) is 0 Å². The SMILES string of the molecule is CCCc1cccc(C2(N)CCCC(C(F)(F)F)C2)c1. The van der Waals surface area contributed by atoms with E-state index in [9.17, 15) is 13.2 Å². The number of halogens is 3. The van der Waals surface area contributed by atoms with E-state index in [1.807, 2.05) is 24.3 Å². The summed E-state index contributed by atoms with van der Waals surface area (Å²) in [4.78, 5) is 0. The van der Waals surface area contributed by atoms with Crippen LogP contribution in [-0.4, -0.2) is 6.18 Å². The number of hydrogen-bond donors (Lipinski definition) is 1. The van der Waals surface area contributed by atoms with E-state index in [1.165, 1.54) is 0 Å². The van der Waals surface area contributed by atoms with Crippen LogP contribution < -0.4 is 5.73 Å². The summed E-state index contributed by atoms with van der Waals surface area (Å²) in [5.41, 5.74) is 7.52. The number of aryl methyl sites for hydroxylation is 1. The topological polar surface area (TPSA) is 26.0 Å². The lowest BCUT2D eigenvalue weighted by molar-refractivity contribution is -0.187. The molecule has 2 atom stereocenters. The summed E-state index contributed by atoms with van der Waals surface area (Å²) in [5, 5.41) is 0. The van der Waals surface area contributed by atoms with Gasteiger partial charge in [0.2, 0.25) is 0 Å². The number of benzene rings is 1. The molecule has 0 saturated heterocycles. The Morgan fingerprint density at radius 1 is 1.35 bits per heavy atom. The molecule has 0 aliphatic heterocycles. The molecule has 1 aliphatic carbocycles. The van der Waals surface area contributed by atoms with E-state index in [-0.39, 0.29) is 12.8 Å². The van der Waals surface area contributed by atoms with Gasteiger partial charge in [0.25, 0.3) is 0 Å². The molecule has 1 nitrogen and oxygen atoms in total. The predicted octanol–water partition coefficient (Wildman–Crippen LogP) is 4.55. The maximum atomic E-state index is 12.9. The Hall–Kier alpha value is -1.03. The summed E-state index contributed by atoms with van der Waals surface area (Å²) in [7, 11) is 0. The molecule has 0 amide bonds. The highest BCUT2D eigenvalue weighted by molar-refractivity contribution is 5.30. The lowest BCUT2D eigenvalue weighted by Gasteiger charge is -2.39. The molecule has 1 fully saturated rings. The van der Waals surface area contributed by atoms with Gasteiger partial charge in [-0.05, 0) is 36.8 Å². The van der Waals surface area contributed by atoms with Crippen molar-refractivity contribution in [2.75, 3.05) is 0 Å². The molecule has 1 aromatic carbocycles. The Morgan fingerprint density at radius 3 is 2.75 bits per heavy atom. The van der Waals surface area contributed by atoms with Crippen LogP contribution in [0.3, 0.4) is 0 Å². The normalized spacial score (nSPS) is 27.6. The summed E-state index contributed by atoms with van der Waals surface area (Å²) in [5.74, 6) is -1.27. The van der Waals surface area contributed by atoms with E-state index in [0.29, 0.717) is 12.8 Å². The smallest absolute Gasteiger partial charge is 0.321 e. The molecule has 2 rings (SSSR count). The van der Waals surface area contributed by atoms with Gasteiger partial charge in [0.1, 0.15) is 0 Å². The van der Waals surface area contributed by atoms with Gasteiger partial charge in [-0.25, -0.2) is 0 Å². The molecule has 20 heavy (non-hydrogen) atoms. The number of alkyl halides is 3. The van der Waals surface area contributed by atoms with E-state index in [4.69, 9.17) is 5.73 Å². The Balaban J connectivity index is 2.23. The monoisotopic (exact) mass is 285 g/mol. The average molecular weight is 285 g/mol. The number of nitrogens with two attached hydrogens (primary N) is 1. The fourth-order valence-corrected chi connectivity index (χ4v) is 3.17. The van der Waals surface area contributed by atoms with Gasteiger partial charge in [-0.15, -0.1) is 0 Å². The van der Waals surface area contributed by atoms with Gasteiger partial charge in [-0.1, -0.05) is 44.0 Å². The highest BCUT2D eigenvalue weighted by atomic mass is 19.4. The second-order valence-electron chi connectivity index (χ2n) is 5.94. The average Bonchev–Trinajstić information content (AvgIpc) is 2.39. The fraction of sp³-hybridized carbons (Fsp3) is 0.625. The zero-order valence-electron chi connectivity index (χ0n) is 11.8. The van der Waals surface area contributed by atoms with Crippen LogP contribution in [0, 0.1) is 5.92 Å². The summed E-state index contributed by atoms with van der Waals surface area (Å²) in [6, 6.07) is 7.78. The molecular formula is C16H22F3N. The van der Waals surface area contributed by atoms with Crippen molar-refractivity contribution in [3.8, 4) is 0 Å². The lowest BCUT2D eigenvalue weighted by atomic mass is 9.72. The maximum absolute atomic E-state index is 12.9. The fourth-order valence-electron chi connectivity index (χ4n) is 3.17. The molecule has 4 heteroatoms. The molecule has 0 aromatic heterocycles. The molecule has 0 heterocycles. The summed E-state index contributed by atoms with van der Waals surface area (Å²) >= 11 is 0. The largest absolute Gasteiger partial charge is 0.391 e. The Bertz CT molecular complexity index is 455. The van der Waals surface area contributed by atoms with Crippen molar-refractivity contribution >= 4 is 0 Å². The van der Waals surface area contributed by atoms with E-state index < -0.39 is 17.6 Å². The van der Waals surface area contributed by atoms with Gasteiger partial charge in [0.15, 0.2) is 0 Å².